The van der Waals surface area contributed by atoms with Gasteiger partial charge in [0.05, 0.1) is 11.3 Å². The van der Waals surface area contributed by atoms with Crippen molar-refractivity contribution in [3.63, 3.8) is 0 Å². The van der Waals surface area contributed by atoms with Crippen LogP contribution < -0.4 is 0 Å². The van der Waals surface area contributed by atoms with Crippen LogP contribution in [0.15, 0.2) is 24.3 Å². The second kappa shape index (κ2) is 7.25. The first-order chi connectivity index (χ1) is 8.56. The first kappa shape index (κ1) is 14.8. The smallest absolute Gasteiger partial charge is 0.335 e. The zero-order chi connectivity index (χ0) is 13.5. The molecule has 1 atom stereocenters. The van der Waals surface area contributed by atoms with Crippen molar-refractivity contribution in [1.82, 2.24) is 0 Å². The number of hydrogen-bond donors (Lipinski definition) is 1. The zero-order valence-electron chi connectivity index (χ0n) is 10.3. The lowest BCUT2D eigenvalue weighted by molar-refractivity contribution is -0.0847. The van der Waals surface area contributed by atoms with Gasteiger partial charge in [-0.05, 0) is 17.7 Å². The normalized spacial score (nSPS) is 12.6. The summed E-state index contributed by atoms with van der Waals surface area (Å²) in [6.45, 7) is 0. The van der Waals surface area contributed by atoms with Crippen molar-refractivity contribution in [2.75, 3.05) is 20.0 Å². The molecule has 0 aliphatic heterocycles. The summed E-state index contributed by atoms with van der Waals surface area (Å²) in [6.07, 6.45) is -0.482. The number of rotatable bonds is 7. The van der Waals surface area contributed by atoms with Gasteiger partial charge in [-0.2, -0.15) is 0 Å². The van der Waals surface area contributed by atoms with Gasteiger partial charge in [-0.25, -0.2) is 4.79 Å². The Kier molecular flexibility index (Phi) is 5.97. The predicted octanol–water partition coefficient (Wildman–Crippen LogP) is 1.25. The van der Waals surface area contributed by atoms with Gasteiger partial charge in [0.15, 0.2) is 6.29 Å². The van der Waals surface area contributed by atoms with E-state index in [0.29, 0.717) is 5.75 Å². The van der Waals surface area contributed by atoms with Gasteiger partial charge in [0, 0.05) is 30.8 Å². The highest BCUT2D eigenvalue weighted by Crippen LogP contribution is 2.08. The van der Waals surface area contributed by atoms with Gasteiger partial charge in [-0.3, -0.25) is 4.21 Å². The van der Waals surface area contributed by atoms with E-state index in [9.17, 15) is 9.00 Å². The van der Waals surface area contributed by atoms with E-state index in [1.54, 1.807) is 12.1 Å². The van der Waals surface area contributed by atoms with E-state index in [1.807, 2.05) is 0 Å². The van der Waals surface area contributed by atoms with Gasteiger partial charge in [0.2, 0.25) is 0 Å². The molecule has 0 aliphatic rings. The first-order valence-corrected chi connectivity index (χ1v) is 6.78. The molecule has 18 heavy (non-hydrogen) atoms. The fraction of sp³-hybridized carbons (Fsp3) is 0.417. The minimum absolute atomic E-state index is 0.219. The average molecular weight is 272 g/mol. The molecule has 1 aromatic carbocycles. The van der Waals surface area contributed by atoms with Gasteiger partial charge < -0.3 is 14.6 Å². The van der Waals surface area contributed by atoms with Crippen LogP contribution in [0.2, 0.25) is 0 Å². The summed E-state index contributed by atoms with van der Waals surface area (Å²) in [7, 11) is 1.87. The maximum Gasteiger partial charge on any atom is 0.335 e. The first-order valence-electron chi connectivity index (χ1n) is 5.29. The van der Waals surface area contributed by atoms with Gasteiger partial charge in [-0.1, -0.05) is 12.1 Å². The summed E-state index contributed by atoms with van der Waals surface area (Å²) >= 11 is 0. The number of hydrogen-bond acceptors (Lipinski definition) is 4. The topological polar surface area (TPSA) is 72.8 Å². The third kappa shape index (κ3) is 4.56. The Bertz CT molecular complexity index is 411. The summed E-state index contributed by atoms with van der Waals surface area (Å²) in [5.74, 6) is -0.335. The SMILES string of the molecule is COC(CS(=O)Cc1ccc(C(=O)O)cc1)OC. The minimum atomic E-state index is -1.12. The second-order valence-corrected chi connectivity index (χ2v) is 5.16. The number of ether oxygens (including phenoxy) is 2. The van der Waals surface area contributed by atoms with Crippen molar-refractivity contribution >= 4 is 16.8 Å². The van der Waals surface area contributed by atoms with Crippen LogP contribution in [-0.2, 0) is 26.0 Å². The number of carboxylic acids is 1. The monoisotopic (exact) mass is 272 g/mol. The quantitative estimate of drug-likeness (QED) is 0.756. The van der Waals surface area contributed by atoms with Crippen LogP contribution >= 0.6 is 0 Å². The molecule has 0 spiro atoms. The van der Waals surface area contributed by atoms with Crippen LogP contribution in [0, 0.1) is 0 Å². The van der Waals surface area contributed by atoms with Crippen molar-refractivity contribution in [2.24, 2.45) is 0 Å². The Balaban J connectivity index is 2.56. The number of aromatic carboxylic acids is 1. The van der Waals surface area contributed by atoms with E-state index in [4.69, 9.17) is 14.6 Å². The Labute approximate surface area is 108 Å². The summed E-state index contributed by atoms with van der Waals surface area (Å²) in [6, 6.07) is 6.32. The molecule has 1 unspecified atom stereocenters. The van der Waals surface area contributed by atoms with Crippen LogP contribution in [0.5, 0.6) is 0 Å². The largest absolute Gasteiger partial charge is 0.478 e. The summed E-state index contributed by atoms with van der Waals surface area (Å²) < 4.78 is 21.7. The molecular weight excluding hydrogens is 256 g/mol. The van der Waals surface area contributed by atoms with Crippen molar-refractivity contribution in [2.45, 2.75) is 12.0 Å². The van der Waals surface area contributed by atoms with E-state index in [2.05, 4.69) is 0 Å². The molecule has 1 N–H and O–H groups in total. The van der Waals surface area contributed by atoms with E-state index >= 15 is 0 Å². The molecule has 1 aromatic rings. The molecule has 5 nitrogen and oxygen atoms in total. The van der Waals surface area contributed by atoms with E-state index < -0.39 is 23.1 Å². The van der Waals surface area contributed by atoms with E-state index in [-0.39, 0.29) is 11.3 Å². The highest BCUT2D eigenvalue weighted by atomic mass is 32.2. The van der Waals surface area contributed by atoms with Gasteiger partial charge >= 0.3 is 5.97 Å². The molecule has 0 saturated heterocycles. The Morgan fingerprint density at radius 2 is 1.83 bits per heavy atom. The molecule has 0 fully saturated rings. The molecule has 100 valence electrons. The van der Waals surface area contributed by atoms with Crippen LogP contribution in [0.4, 0.5) is 0 Å². The van der Waals surface area contributed by atoms with Gasteiger partial charge in [0.25, 0.3) is 0 Å². The molecule has 6 heteroatoms. The second-order valence-electron chi connectivity index (χ2n) is 3.65. The van der Waals surface area contributed by atoms with Gasteiger partial charge in [-0.15, -0.1) is 0 Å². The number of carbonyl (C=O) groups is 1. The maximum atomic E-state index is 11.8. The summed E-state index contributed by atoms with van der Waals surface area (Å²) in [5.41, 5.74) is 1.04. The van der Waals surface area contributed by atoms with E-state index in [1.165, 1.54) is 26.4 Å². The Hall–Kier alpha value is -1.24. The molecular formula is C12H16O5S. The molecule has 0 radical (unpaired) electrons. The predicted molar refractivity (Wildman–Crippen MR) is 67.9 cm³/mol. The zero-order valence-corrected chi connectivity index (χ0v) is 11.1. The van der Waals surface area contributed by atoms with Crippen molar-refractivity contribution in [3.8, 4) is 0 Å². The molecule has 0 heterocycles. The van der Waals surface area contributed by atoms with Crippen LogP contribution in [0.25, 0.3) is 0 Å². The lowest BCUT2D eigenvalue weighted by atomic mass is 10.1. The molecule has 0 aromatic heterocycles. The highest BCUT2D eigenvalue weighted by molar-refractivity contribution is 7.84. The number of carboxylic acid groups (broad SMARTS) is 1. The van der Waals surface area contributed by atoms with E-state index in [0.717, 1.165) is 5.56 Å². The van der Waals surface area contributed by atoms with Crippen molar-refractivity contribution in [3.05, 3.63) is 35.4 Å². The summed E-state index contributed by atoms with van der Waals surface area (Å²) in [4.78, 5) is 10.7. The molecule has 0 amide bonds. The fourth-order valence-electron chi connectivity index (χ4n) is 1.37. The third-order valence-corrected chi connectivity index (χ3v) is 3.68. The number of benzene rings is 1. The standard InChI is InChI=1S/C12H16O5S/c1-16-11(17-2)8-18(15)7-9-3-5-10(6-4-9)12(13)14/h3-6,11H,7-8H2,1-2H3,(H,13,14). The molecule has 1 rings (SSSR count). The van der Waals surface area contributed by atoms with Crippen LogP contribution in [0.1, 0.15) is 15.9 Å². The molecule has 0 aliphatic carbocycles. The van der Waals surface area contributed by atoms with Gasteiger partial charge in [0.1, 0.15) is 0 Å². The Morgan fingerprint density at radius 3 is 2.28 bits per heavy atom. The summed E-state index contributed by atoms with van der Waals surface area (Å²) in [5, 5.41) is 8.75. The maximum absolute atomic E-state index is 11.8. The third-order valence-electron chi connectivity index (χ3n) is 2.38. The highest BCUT2D eigenvalue weighted by Gasteiger charge is 2.11. The van der Waals surface area contributed by atoms with Crippen LogP contribution in [0.3, 0.4) is 0 Å². The van der Waals surface area contributed by atoms with Crippen molar-refractivity contribution in [1.29, 1.82) is 0 Å². The van der Waals surface area contributed by atoms with Crippen LogP contribution in [-0.4, -0.2) is 41.5 Å². The average Bonchev–Trinajstić information content (AvgIpc) is 2.36. The van der Waals surface area contributed by atoms with Crippen molar-refractivity contribution < 1.29 is 23.6 Å². The minimum Gasteiger partial charge on any atom is -0.478 e. The molecule has 0 saturated carbocycles. The molecule has 0 bridgehead atoms. The fourth-order valence-corrected chi connectivity index (χ4v) is 2.63. The lowest BCUT2D eigenvalue weighted by Gasteiger charge is -2.12. The number of methoxy groups -OCH3 is 2. The lowest BCUT2D eigenvalue weighted by Crippen LogP contribution is -2.22. The Morgan fingerprint density at radius 1 is 1.28 bits per heavy atom.